The molecule has 1 aliphatic rings. The van der Waals surface area contributed by atoms with Gasteiger partial charge in [-0.3, -0.25) is 4.79 Å². The standard InChI is InChI=1S/C14H26N2O3/c1-3-5-6-11(14(18)19)16-13(17)12-9-10(4-2)7-8-15-12/h10-12,15H,3-9H2,1-2H3,(H,16,17)(H,18,19). The van der Waals surface area contributed by atoms with E-state index >= 15 is 0 Å². The zero-order chi connectivity index (χ0) is 14.3. The second-order valence-electron chi connectivity index (χ2n) is 5.35. The number of unbranched alkanes of at least 4 members (excludes halogenated alkanes) is 1. The van der Waals surface area contributed by atoms with E-state index < -0.39 is 12.0 Å². The van der Waals surface area contributed by atoms with Crippen LogP contribution in [0.1, 0.15) is 52.4 Å². The summed E-state index contributed by atoms with van der Waals surface area (Å²) < 4.78 is 0. The molecule has 0 saturated carbocycles. The predicted molar refractivity (Wildman–Crippen MR) is 73.9 cm³/mol. The molecule has 0 aromatic carbocycles. The molecule has 3 N–H and O–H groups in total. The molecule has 1 fully saturated rings. The fraction of sp³-hybridized carbons (Fsp3) is 0.857. The Kier molecular flexibility index (Phi) is 6.84. The lowest BCUT2D eigenvalue weighted by molar-refractivity contribution is -0.142. The minimum absolute atomic E-state index is 0.165. The van der Waals surface area contributed by atoms with Gasteiger partial charge in [-0.1, -0.05) is 33.1 Å². The van der Waals surface area contributed by atoms with Gasteiger partial charge < -0.3 is 15.7 Å². The van der Waals surface area contributed by atoms with Gasteiger partial charge in [0.25, 0.3) is 0 Å². The average molecular weight is 270 g/mol. The van der Waals surface area contributed by atoms with Crippen LogP contribution in [0.5, 0.6) is 0 Å². The molecule has 1 saturated heterocycles. The van der Waals surface area contributed by atoms with E-state index in [2.05, 4.69) is 17.6 Å². The molecule has 1 heterocycles. The SMILES string of the molecule is CCCCC(NC(=O)C1CC(CC)CCN1)C(=O)O. The number of carboxylic acid groups (broad SMARTS) is 1. The van der Waals surface area contributed by atoms with Gasteiger partial charge >= 0.3 is 5.97 Å². The molecule has 0 bridgehead atoms. The van der Waals surface area contributed by atoms with Crippen LogP contribution in [0.3, 0.4) is 0 Å². The van der Waals surface area contributed by atoms with Gasteiger partial charge in [-0.25, -0.2) is 4.79 Å². The largest absolute Gasteiger partial charge is 0.480 e. The summed E-state index contributed by atoms with van der Waals surface area (Å²) in [5.41, 5.74) is 0. The molecule has 0 radical (unpaired) electrons. The van der Waals surface area contributed by atoms with Crippen molar-refractivity contribution in [1.29, 1.82) is 0 Å². The van der Waals surface area contributed by atoms with Gasteiger partial charge in [-0.2, -0.15) is 0 Å². The van der Waals surface area contributed by atoms with Crippen LogP contribution in [0.4, 0.5) is 0 Å². The lowest BCUT2D eigenvalue weighted by Gasteiger charge is -2.29. The quantitative estimate of drug-likeness (QED) is 0.655. The monoisotopic (exact) mass is 270 g/mol. The van der Waals surface area contributed by atoms with Crippen molar-refractivity contribution in [3.05, 3.63) is 0 Å². The maximum absolute atomic E-state index is 12.1. The second-order valence-corrected chi connectivity index (χ2v) is 5.35. The third-order valence-electron chi connectivity index (χ3n) is 3.87. The third kappa shape index (κ3) is 5.19. The number of aliphatic carboxylic acids is 1. The van der Waals surface area contributed by atoms with Crippen molar-refractivity contribution in [3.8, 4) is 0 Å². The van der Waals surface area contributed by atoms with Crippen LogP contribution >= 0.6 is 0 Å². The first-order chi connectivity index (χ1) is 9.08. The van der Waals surface area contributed by atoms with Crippen molar-refractivity contribution in [1.82, 2.24) is 10.6 Å². The van der Waals surface area contributed by atoms with Gasteiger partial charge in [0.1, 0.15) is 6.04 Å². The number of amides is 1. The van der Waals surface area contributed by atoms with E-state index in [4.69, 9.17) is 5.11 Å². The summed E-state index contributed by atoms with van der Waals surface area (Å²) in [7, 11) is 0. The van der Waals surface area contributed by atoms with Crippen LogP contribution in [-0.4, -0.2) is 35.6 Å². The van der Waals surface area contributed by atoms with E-state index in [1.165, 1.54) is 0 Å². The molecular formula is C14H26N2O3. The molecule has 5 nitrogen and oxygen atoms in total. The van der Waals surface area contributed by atoms with Crippen LogP contribution in [0.25, 0.3) is 0 Å². The van der Waals surface area contributed by atoms with Crippen LogP contribution in [-0.2, 0) is 9.59 Å². The van der Waals surface area contributed by atoms with Gasteiger partial charge in [-0.05, 0) is 31.7 Å². The number of nitrogens with one attached hydrogen (secondary N) is 2. The Balaban J connectivity index is 2.48. The lowest BCUT2D eigenvalue weighted by Crippen LogP contribution is -2.52. The number of piperidine rings is 1. The first kappa shape index (κ1) is 16.0. The van der Waals surface area contributed by atoms with E-state index in [9.17, 15) is 9.59 Å². The Hall–Kier alpha value is -1.10. The molecule has 19 heavy (non-hydrogen) atoms. The van der Waals surface area contributed by atoms with Crippen molar-refractivity contribution in [2.75, 3.05) is 6.54 Å². The molecule has 0 aromatic rings. The van der Waals surface area contributed by atoms with Gasteiger partial charge in [0.05, 0.1) is 6.04 Å². The van der Waals surface area contributed by atoms with Crippen molar-refractivity contribution >= 4 is 11.9 Å². The van der Waals surface area contributed by atoms with Gasteiger partial charge in [0.15, 0.2) is 0 Å². The zero-order valence-electron chi connectivity index (χ0n) is 11.9. The first-order valence-electron chi connectivity index (χ1n) is 7.35. The number of carbonyl (C=O) groups is 2. The number of hydrogen-bond acceptors (Lipinski definition) is 3. The van der Waals surface area contributed by atoms with E-state index in [-0.39, 0.29) is 11.9 Å². The minimum Gasteiger partial charge on any atom is -0.480 e. The maximum Gasteiger partial charge on any atom is 0.326 e. The Bertz CT molecular complexity index is 307. The van der Waals surface area contributed by atoms with Gasteiger partial charge in [0.2, 0.25) is 5.91 Å². The summed E-state index contributed by atoms with van der Waals surface area (Å²) in [6, 6.07) is -0.988. The highest BCUT2D eigenvalue weighted by molar-refractivity contribution is 5.87. The summed E-state index contributed by atoms with van der Waals surface area (Å²) >= 11 is 0. The van der Waals surface area contributed by atoms with Gasteiger partial charge in [-0.15, -0.1) is 0 Å². The Morgan fingerprint density at radius 1 is 1.42 bits per heavy atom. The summed E-state index contributed by atoms with van der Waals surface area (Å²) in [6.45, 7) is 4.98. The highest BCUT2D eigenvalue weighted by Gasteiger charge is 2.28. The van der Waals surface area contributed by atoms with Crippen molar-refractivity contribution in [2.24, 2.45) is 5.92 Å². The topological polar surface area (TPSA) is 78.4 Å². The molecule has 0 aliphatic carbocycles. The van der Waals surface area contributed by atoms with Crippen LogP contribution < -0.4 is 10.6 Å². The number of carboxylic acids is 1. The van der Waals surface area contributed by atoms with Crippen molar-refractivity contribution in [2.45, 2.75) is 64.5 Å². The molecule has 0 aromatic heterocycles. The lowest BCUT2D eigenvalue weighted by atomic mass is 9.90. The highest BCUT2D eigenvalue weighted by atomic mass is 16.4. The average Bonchev–Trinajstić information content (AvgIpc) is 2.42. The maximum atomic E-state index is 12.1. The fourth-order valence-electron chi connectivity index (χ4n) is 2.50. The Morgan fingerprint density at radius 2 is 2.16 bits per heavy atom. The summed E-state index contributed by atoms with van der Waals surface area (Å²) in [5, 5.41) is 15.0. The zero-order valence-corrected chi connectivity index (χ0v) is 11.9. The molecule has 3 unspecified atom stereocenters. The molecule has 5 heteroatoms. The van der Waals surface area contributed by atoms with Gasteiger partial charge in [0, 0.05) is 0 Å². The van der Waals surface area contributed by atoms with Crippen LogP contribution in [0.2, 0.25) is 0 Å². The van der Waals surface area contributed by atoms with Crippen LogP contribution in [0.15, 0.2) is 0 Å². The smallest absolute Gasteiger partial charge is 0.326 e. The normalized spacial score (nSPS) is 24.7. The summed E-state index contributed by atoms with van der Waals surface area (Å²) in [6.07, 6.45) is 5.22. The Labute approximate surface area is 115 Å². The minimum atomic E-state index is -0.940. The van der Waals surface area contributed by atoms with Crippen molar-refractivity contribution in [3.63, 3.8) is 0 Å². The summed E-state index contributed by atoms with van der Waals surface area (Å²) in [5.74, 6) is -0.540. The van der Waals surface area contributed by atoms with E-state index in [1.807, 2.05) is 6.92 Å². The van der Waals surface area contributed by atoms with E-state index in [0.717, 1.165) is 38.6 Å². The first-order valence-corrected chi connectivity index (χ1v) is 7.35. The molecular weight excluding hydrogens is 244 g/mol. The Morgan fingerprint density at radius 3 is 2.74 bits per heavy atom. The second kappa shape index (κ2) is 8.15. The fourth-order valence-corrected chi connectivity index (χ4v) is 2.50. The number of rotatable bonds is 7. The number of hydrogen-bond donors (Lipinski definition) is 3. The molecule has 1 aliphatic heterocycles. The van der Waals surface area contributed by atoms with Crippen LogP contribution in [0, 0.1) is 5.92 Å². The predicted octanol–water partition coefficient (Wildman–Crippen LogP) is 1.52. The molecule has 1 amide bonds. The molecule has 110 valence electrons. The third-order valence-corrected chi connectivity index (χ3v) is 3.87. The summed E-state index contributed by atoms with van der Waals surface area (Å²) in [4.78, 5) is 23.2. The highest BCUT2D eigenvalue weighted by Crippen LogP contribution is 2.19. The molecule has 1 rings (SSSR count). The van der Waals surface area contributed by atoms with E-state index in [1.54, 1.807) is 0 Å². The molecule has 3 atom stereocenters. The molecule has 0 spiro atoms. The van der Waals surface area contributed by atoms with E-state index in [0.29, 0.717) is 12.3 Å². The number of carbonyl (C=O) groups excluding carboxylic acids is 1. The van der Waals surface area contributed by atoms with Crippen molar-refractivity contribution < 1.29 is 14.7 Å².